The summed E-state index contributed by atoms with van der Waals surface area (Å²) in [6, 6.07) is 18.5. The van der Waals surface area contributed by atoms with Crippen LogP contribution in [0.4, 0.5) is 0 Å². The van der Waals surface area contributed by atoms with E-state index in [1.165, 1.54) is 11.1 Å². The molecule has 2 aliphatic rings. The Bertz CT molecular complexity index is 1460. The van der Waals surface area contributed by atoms with Gasteiger partial charge in [0.2, 0.25) is 0 Å². The van der Waals surface area contributed by atoms with Crippen molar-refractivity contribution >= 4 is 5.65 Å². The van der Waals surface area contributed by atoms with Crippen LogP contribution in [0, 0.1) is 0 Å². The van der Waals surface area contributed by atoms with Crippen LogP contribution in [0.3, 0.4) is 0 Å². The normalized spacial score (nSPS) is 18.4. The Hall–Kier alpha value is -3.62. The Labute approximate surface area is 222 Å². The second kappa shape index (κ2) is 10.6. The minimum Gasteiger partial charge on any atom is -0.497 e. The van der Waals surface area contributed by atoms with Gasteiger partial charge in [-0.25, -0.2) is 9.50 Å². The summed E-state index contributed by atoms with van der Waals surface area (Å²) in [6.07, 6.45) is 3.03. The molecule has 8 heteroatoms. The van der Waals surface area contributed by atoms with Gasteiger partial charge in [0.05, 0.1) is 25.5 Å². The van der Waals surface area contributed by atoms with Crippen LogP contribution in [0.15, 0.2) is 59.4 Å². The van der Waals surface area contributed by atoms with Crippen molar-refractivity contribution in [3.05, 3.63) is 93.0 Å². The molecule has 2 aliphatic heterocycles. The number of H-pyrrole nitrogens is 1. The maximum atomic E-state index is 13.5. The predicted octanol–water partition coefficient (Wildman–Crippen LogP) is 3.98. The van der Waals surface area contributed by atoms with Gasteiger partial charge in [-0.05, 0) is 54.8 Å². The van der Waals surface area contributed by atoms with Crippen LogP contribution < -0.4 is 15.0 Å². The molecule has 0 unspecified atom stereocenters. The summed E-state index contributed by atoms with van der Waals surface area (Å²) >= 11 is 0. The molecule has 4 heterocycles. The highest BCUT2D eigenvalue weighted by atomic mass is 16.5. The van der Waals surface area contributed by atoms with Gasteiger partial charge in [-0.1, -0.05) is 24.3 Å². The first-order valence-corrected chi connectivity index (χ1v) is 13.4. The molecule has 6 rings (SSSR count). The zero-order chi connectivity index (χ0) is 26.1. The first-order chi connectivity index (χ1) is 18.6. The number of nitrogens with zero attached hydrogens (tertiary/aromatic N) is 4. The molecule has 4 aromatic rings. The van der Waals surface area contributed by atoms with Crippen molar-refractivity contribution in [2.45, 2.75) is 44.8 Å². The fourth-order valence-corrected chi connectivity index (χ4v) is 5.83. The molecule has 0 spiro atoms. The average Bonchev–Trinajstić information content (AvgIpc) is 3.39. The summed E-state index contributed by atoms with van der Waals surface area (Å²) in [7, 11) is 3.37. The SMILES string of the molecule is COc1ccc(CN2CCc3nc4cc([C@H]5CCCN(Cc6ccc(OC)cc6)C5)[nH]n4c(=O)c3C2)cc1. The van der Waals surface area contributed by atoms with Gasteiger partial charge in [-0.15, -0.1) is 0 Å². The van der Waals surface area contributed by atoms with Gasteiger partial charge in [0.15, 0.2) is 5.65 Å². The third-order valence-electron chi connectivity index (χ3n) is 7.94. The molecule has 1 saturated heterocycles. The van der Waals surface area contributed by atoms with Gasteiger partial charge in [-0.2, -0.15) is 0 Å². The second-order valence-corrected chi connectivity index (χ2v) is 10.5. The van der Waals surface area contributed by atoms with Gasteiger partial charge in [0.1, 0.15) is 11.5 Å². The molecule has 0 amide bonds. The number of likely N-dealkylation sites (tertiary alicyclic amines) is 1. The molecule has 8 nitrogen and oxygen atoms in total. The first kappa shape index (κ1) is 24.7. The molecule has 0 aliphatic carbocycles. The standard InChI is InChI=1S/C30H35N5O3/c1-37-24-9-5-21(6-10-24)17-33-14-3-4-23(19-33)28-16-29-31-27-13-15-34(20-26(27)30(36)35(29)32-28)18-22-7-11-25(38-2)12-8-22/h5-12,16,23,32H,3-4,13-15,17-20H2,1-2H3/t23-/m0/s1. The second-order valence-electron chi connectivity index (χ2n) is 10.5. The smallest absolute Gasteiger partial charge is 0.277 e. The van der Waals surface area contributed by atoms with Crippen molar-refractivity contribution in [2.24, 2.45) is 0 Å². The first-order valence-electron chi connectivity index (χ1n) is 13.4. The highest BCUT2D eigenvalue weighted by Gasteiger charge is 2.26. The summed E-state index contributed by atoms with van der Waals surface area (Å²) in [5.74, 6) is 2.09. The number of aromatic nitrogens is 3. The number of fused-ring (bicyclic) bond motifs is 2. The van der Waals surface area contributed by atoms with Crippen LogP contribution in [-0.2, 0) is 26.1 Å². The number of piperidine rings is 1. The van der Waals surface area contributed by atoms with E-state index in [4.69, 9.17) is 14.5 Å². The minimum atomic E-state index is 0.0292. The number of benzene rings is 2. The number of methoxy groups -OCH3 is 2. The van der Waals surface area contributed by atoms with E-state index in [0.29, 0.717) is 12.5 Å². The molecule has 2 aromatic carbocycles. The molecule has 1 fully saturated rings. The summed E-state index contributed by atoms with van der Waals surface area (Å²) in [4.78, 5) is 23.3. The maximum Gasteiger partial charge on any atom is 0.277 e. The van der Waals surface area contributed by atoms with E-state index >= 15 is 0 Å². The van der Waals surface area contributed by atoms with E-state index in [2.05, 4.69) is 45.2 Å². The highest BCUT2D eigenvalue weighted by molar-refractivity contribution is 5.43. The van der Waals surface area contributed by atoms with Gasteiger partial charge in [0.25, 0.3) is 5.56 Å². The lowest BCUT2D eigenvalue weighted by atomic mass is 9.94. The molecule has 0 bridgehead atoms. The summed E-state index contributed by atoms with van der Waals surface area (Å²) in [5.41, 5.74) is 6.11. The van der Waals surface area contributed by atoms with Crippen molar-refractivity contribution in [3.63, 3.8) is 0 Å². The highest BCUT2D eigenvalue weighted by Crippen LogP contribution is 2.28. The maximum absolute atomic E-state index is 13.5. The number of rotatable bonds is 7. The van der Waals surface area contributed by atoms with Gasteiger partial charge in [-0.3, -0.25) is 19.7 Å². The fraction of sp³-hybridized carbons (Fsp3) is 0.400. The van der Waals surface area contributed by atoms with Crippen molar-refractivity contribution in [2.75, 3.05) is 33.9 Å². The Morgan fingerprint density at radius 2 is 1.58 bits per heavy atom. The molecule has 0 saturated carbocycles. The number of hydrogen-bond donors (Lipinski definition) is 1. The van der Waals surface area contributed by atoms with E-state index in [1.807, 2.05) is 24.3 Å². The quantitative estimate of drug-likeness (QED) is 0.403. The largest absolute Gasteiger partial charge is 0.497 e. The van der Waals surface area contributed by atoms with Crippen molar-refractivity contribution in [3.8, 4) is 11.5 Å². The summed E-state index contributed by atoms with van der Waals surface area (Å²) < 4.78 is 12.2. The monoisotopic (exact) mass is 513 g/mol. The molecule has 1 atom stereocenters. The van der Waals surface area contributed by atoms with Gasteiger partial charge >= 0.3 is 0 Å². The third kappa shape index (κ3) is 5.06. The van der Waals surface area contributed by atoms with Crippen molar-refractivity contribution in [1.82, 2.24) is 24.4 Å². The Balaban J connectivity index is 1.17. The zero-order valence-electron chi connectivity index (χ0n) is 22.2. The molecule has 2 aromatic heterocycles. The topological polar surface area (TPSA) is 75.1 Å². The van der Waals surface area contributed by atoms with Gasteiger partial charge in [0, 0.05) is 56.8 Å². The molecule has 1 N–H and O–H groups in total. The number of aromatic amines is 1. The molecule has 198 valence electrons. The predicted molar refractivity (Wildman–Crippen MR) is 147 cm³/mol. The lowest BCUT2D eigenvalue weighted by Crippen LogP contribution is -2.36. The summed E-state index contributed by atoms with van der Waals surface area (Å²) in [5, 5.41) is 3.43. The Morgan fingerprint density at radius 3 is 2.24 bits per heavy atom. The van der Waals surface area contributed by atoms with Crippen molar-refractivity contribution < 1.29 is 9.47 Å². The Morgan fingerprint density at radius 1 is 0.921 bits per heavy atom. The van der Waals surface area contributed by atoms with Crippen LogP contribution in [0.5, 0.6) is 11.5 Å². The van der Waals surface area contributed by atoms with Crippen LogP contribution in [0.1, 0.15) is 46.8 Å². The third-order valence-corrected chi connectivity index (χ3v) is 7.94. The average molecular weight is 514 g/mol. The summed E-state index contributed by atoms with van der Waals surface area (Å²) in [6.45, 7) is 5.26. The molecule has 38 heavy (non-hydrogen) atoms. The number of ether oxygens (including phenoxy) is 2. The van der Waals surface area contributed by atoms with Gasteiger partial charge < -0.3 is 9.47 Å². The van der Waals surface area contributed by atoms with Crippen LogP contribution in [-0.4, -0.2) is 58.3 Å². The van der Waals surface area contributed by atoms with E-state index in [-0.39, 0.29) is 5.56 Å². The van der Waals surface area contributed by atoms with E-state index < -0.39 is 0 Å². The molecule has 0 radical (unpaired) electrons. The van der Waals surface area contributed by atoms with Crippen LogP contribution >= 0.6 is 0 Å². The lowest BCUT2D eigenvalue weighted by Gasteiger charge is -2.32. The van der Waals surface area contributed by atoms with E-state index in [0.717, 1.165) is 86.1 Å². The zero-order valence-corrected chi connectivity index (χ0v) is 22.2. The minimum absolute atomic E-state index is 0.0292. The lowest BCUT2D eigenvalue weighted by molar-refractivity contribution is 0.198. The van der Waals surface area contributed by atoms with Crippen LogP contribution in [0.25, 0.3) is 5.65 Å². The fourth-order valence-electron chi connectivity index (χ4n) is 5.83. The molecular formula is C30H35N5O3. The number of hydrogen-bond acceptors (Lipinski definition) is 6. The van der Waals surface area contributed by atoms with Crippen molar-refractivity contribution in [1.29, 1.82) is 0 Å². The Kier molecular flexibility index (Phi) is 6.91. The number of nitrogens with one attached hydrogen (secondary N) is 1. The van der Waals surface area contributed by atoms with Crippen LogP contribution in [0.2, 0.25) is 0 Å². The molecular weight excluding hydrogens is 478 g/mol. The van der Waals surface area contributed by atoms with E-state index in [1.54, 1.807) is 18.7 Å². The van der Waals surface area contributed by atoms with E-state index in [9.17, 15) is 4.79 Å².